The third-order valence-corrected chi connectivity index (χ3v) is 4.38. The van der Waals surface area contributed by atoms with Crippen LogP contribution in [-0.4, -0.2) is 42.4 Å². The average Bonchev–Trinajstić information content (AvgIpc) is 2.72. The predicted octanol–water partition coefficient (Wildman–Crippen LogP) is 2.53. The number of esters is 1. The molecule has 158 valence electrons. The molecule has 0 fully saturated rings. The zero-order chi connectivity index (χ0) is 22.1. The second-order valence-electron chi connectivity index (χ2n) is 5.99. The van der Waals surface area contributed by atoms with Crippen LogP contribution in [0.3, 0.4) is 0 Å². The van der Waals surface area contributed by atoms with Crippen LogP contribution in [0.25, 0.3) is 0 Å². The van der Waals surface area contributed by atoms with Gasteiger partial charge in [-0.2, -0.15) is 0 Å². The van der Waals surface area contributed by atoms with Gasteiger partial charge in [-0.1, -0.05) is 35.3 Å². The molecule has 0 spiro atoms. The van der Waals surface area contributed by atoms with Crippen molar-refractivity contribution >= 4 is 46.7 Å². The standard InChI is InChI=1S/C19H17Cl2N3O6/c20-14-4-1-12(2-5-14)7-8-22-17(25)11-30-18(26)10-23-19(27)13-3-6-15(21)16(9-13)24(28)29/h1-6,9H,7-8,10-11H2,(H,22,25)(H,23,27). The number of rotatable bonds is 9. The Morgan fingerprint density at radius 2 is 1.73 bits per heavy atom. The molecular weight excluding hydrogens is 437 g/mol. The van der Waals surface area contributed by atoms with E-state index in [-0.39, 0.29) is 10.6 Å². The summed E-state index contributed by atoms with van der Waals surface area (Å²) in [5, 5.41) is 16.2. The van der Waals surface area contributed by atoms with Crippen LogP contribution in [0.1, 0.15) is 15.9 Å². The second kappa shape index (κ2) is 11.1. The molecule has 0 heterocycles. The van der Waals surface area contributed by atoms with Crippen LogP contribution in [0.2, 0.25) is 10.0 Å². The quantitative estimate of drug-likeness (QED) is 0.341. The first-order valence-electron chi connectivity index (χ1n) is 8.65. The van der Waals surface area contributed by atoms with Crippen LogP contribution in [0.4, 0.5) is 5.69 Å². The Morgan fingerprint density at radius 1 is 1.03 bits per heavy atom. The van der Waals surface area contributed by atoms with E-state index in [9.17, 15) is 24.5 Å². The molecule has 2 N–H and O–H groups in total. The van der Waals surface area contributed by atoms with Gasteiger partial charge in [0.25, 0.3) is 17.5 Å². The van der Waals surface area contributed by atoms with Crippen LogP contribution in [-0.2, 0) is 20.7 Å². The lowest BCUT2D eigenvalue weighted by Crippen LogP contribution is -2.34. The van der Waals surface area contributed by atoms with Gasteiger partial charge in [-0.25, -0.2) is 0 Å². The molecule has 0 aliphatic heterocycles. The summed E-state index contributed by atoms with van der Waals surface area (Å²) in [6.07, 6.45) is 0.583. The zero-order valence-corrected chi connectivity index (χ0v) is 17.0. The Bertz CT molecular complexity index is 950. The topological polar surface area (TPSA) is 128 Å². The van der Waals surface area contributed by atoms with Crippen LogP contribution in [0.15, 0.2) is 42.5 Å². The summed E-state index contributed by atoms with van der Waals surface area (Å²) in [6.45, 7) is -0.654. The molecule has 0 aliphatic rings. The summed E-state index contributed by atoms with van der Waals surface area (Å²) in [7, 11) is 0. The van der Waals surface area contributed by atoms with Gasteiger partial charge in [-0.3, -0.25) is 24.5 Å². The largest absolute Gasteiger partial charge is 0.454 e. The minimum Gasteiger partial charge on any atom is -0.454 e. The normalized spacial score (nSPS) is 10.2. The Morgan fingerprint density at radius 3 is 2.40 bits per heavy atom. The highest BCUT2D eigenvalue weighted by Gasteiger charge is 2.17. The van der Waals surface area contributed by atoms with Crippen molar-refractivity contribution in [2.45, 2.75) is 6.42 Å². The minimum absolute atomic E-state index is 0.0427. The van der Waals surface area contributed by atoms with E-state index in [0.717, 1.165) is 11.6 Å². The lowest BCUT2D eigenvalue weighted by Gasteiger charge is -2.08. The van der Waals surface area contributed by atoms with Gasteiger partial charge in [0.1, 0.15) is 11.6 Å². The molecule has 2 aromatic carbocycles. The highest BCUT2D eigenvalue weighted by molar-refractivity contribution is 6.32. The summed E-state index contributed by atoms with van der Waals surface area (Å²) >= 11 is 11.5. The van der Waals surface area contributed by atoms with Crippen molar-refractivity contribution in [2.75, 3.05) is 19.7 Å². The van der Waals surface area contributed by atoms with E-state index < -0.39 is 41.5 Å². The van der Waals surface area contributed by atoms with Crippen LogP contribution in [0, 0.1) is 10.1 Å². The summed E-state index contributed by atoms with van der Waals surface area (Å²) in [5.74, 6) is -2.05. The molecule has 0 saturated heterocycles. The second-order valence-corrected chi connectivity index (χ2v) is 6.84. The van der Waals surface area contributed by atoms with Crippen LogP contribution >= 0.6 is 23.2 Å². The Hall–Kier alpha value is -3.17. The van der Waals surface area contributed by atoms with Gasteiger partial charge in [0.15, 0.2) is 6.61 Å². The SMILES string of the molecule is O=C(COC(=O)CNC(=O)c1ccc(Cl)c([N+](=O)[O-])c1)NCCc1ccc(Cl)cc1. The highest BCUT2D eigenvalue weighted by atomic mass is 35.5. The number of hydrogen-bond acceptors (Lipinski definition) is 6. The van der Waals surface area contributed by atoms with E-state index in [1.807, 2.05) is 12.1 Å². The smallest absolute Gasteiger partial charge is 0.325 e. The van der Waals surface area contributed by atoms with Gasteiger partial charge in [0.05, 0.1) is 4.92 Å². The van der Waals surface area contributed by atoms with Crippen molar-refractivity contribution < 1.29 is 24.0 Å². The maximum Gasteiger partial charge on any atom is 0.325 e. The Labute approximate surface area is 181 Å². The fourth-order valence-corrected chi connectivity index (χ4v) is 2.61. The highest BCUT2D eigenvalue weighted by Crippen LogP contribution is 2.24. The molecule has 0 aromatic heterocycles. The number of benzene rings is 2. The van der Waals surface area contributed by atoms with Crippen LogP contribution in [0.5, 0.6) is 0 Å². The fourth-order valence-electron chi connectivity index (χ4n) is 2.29. The van der Waals surface area contributed by atoms with Crippen molar-refractivity contribution in [3.8, 4) is 0 Å². The maximum atomic E-state index is 12.0. The van der Waals surface area contributed by atoms with Gasteiger partial charge in [-0.05, 0) is 36.2 Å². The lowest BCUT2D eigenvalue weighted by atomic mass is 10.1. The number of carbonyl (C=O) groups is 3. The fraction of sp³-hybridized carbons (Fsp3) is 0.211. The molecule has 30 heavy (non-hydrogen) atoms. The van der Waals surface area contributed by atoms with Crippen molar-refractivity contribution in [2.24, 2.45) is 0 Å². The van der Waals surface area contributed by atoms with Gasteiger partial charge in [0, 0.05) is 23.2 Å². The van der Waals surface area contributed by atoms with Gasteiger partial charge >= 0.3 is 5.97 Å². The molecule has 11 heteroatoms. The first kappa shape index (κ1) is 23.1. The number of halogens is 2. The third-order valence-electron chi connectivity index (χ3n) is 3.81. The van der Waals surface area contributed by atoms with E-state index in [1.165, 1.54) is 12.1 Å². The Kier molecular flexibility index (Phi) is 8.57. The number of carbonyl (C=O) groups excluding carboxylic acids is 3. The number of nitro benzene ring substituents is 1. The summed E-state index contributed by atoms with van der Waals surface area (Å²) in [4.78, 5) is 45.5. The van der Waals surface area contributed by atoms with E-state index in [1.54, 1.807) is 12.1 Å². The van der Waals surface area contributed by atoms with Crippen molar-refractivity contribution in [3.63, 3.8) is 0 Å². The monoisotopic (exact) mass is 453 g/mol. The molecule has 0 unspecified atom stereocenters. The minimum atomic E-state index is -0.834. The van der Waals surface area contributed by atoms with Gasteiger partial charge < -0.3 is 15.4 Å². The molecule has 2 rings (SSSR count). The van der Waals surface area contributed by atoms with Gasteiger partial charge in [-0.15, -0.1) is 0 Å². The molecule has 0 aliphatic carbocycles. The Balaban J connectivity index is 1.69. The molecule has 0 atom stereocenters. The molecule has 2 amide bonds. The van der Waals surface area contributed by atoms with Crippen molar-refractivity contribution in [1.82, 2.24) is 10.6 Å². The predicted molar refractivity (Wildman–Crippen MR) is 110 cm³/mol. The average molecular weight is 454 g/mol. The summed E-state index contributed by atoms with van der Waals surface area (Å²) < 4.78 is 4.78. The van der Waals surface area contributed by atoms with E-state index in [0.29, 0.717) is 18.0 Å². The van der Waals surface area contributed by atoms with Crippen molar-refractivity contribution in [3.05, 3.63) is 73.8 Å². The molecular formula is C19H17Cl2N3O6. The molecule has 0 bridgehead atoms. The number of nitrogens with zero attached hydrogens (tertiary/aromatic N) is 1. The first-order valence-corrected chi connectivity index (χ1v) is 9.40. The van der Waals surface area contributed by atoms with Gasteiger partial charge in [0.2, 0.25) is 0 Å². The van der Waals surface area contributed by atoms with E-state index in [4.69, 9.17) is 27.9 Å². The number of hydrogen-bond donors (Lipinski definition) is 2. The van der Waals surface area contributed by atoms with Crippen LogP contribution < -0.4 is 10.6 Å². The van der Waals surface area contributed by atoms with E-state index >= 15 is 0 Å². The lowest BCUT2D eigenvalue weighted by molar-refractivity contribution is -0.384. The van der Waals surface area contributed by atoms with E-state index in [2.05, 4.69) is 10.6 Å². The molecule has 9 nitrogen and oxygen atoms in total. The number of nitro groups is 1. The number of amides is 2. The van der Waals surface area contributed by atoms with Crippen molar-refractivity contribution in [1.29, 1.82) is 0 Å². The molecule has 0 radical (unpaired) electrons. The molecule has 0 saturated carbocycles. The maximum absolute atomic E-state index is 12.0. The third kappa shape index (κ3) is 7.34. The number of ether oxygens (including phenoxy) is 1. The summed E-state index contributed by atoms with van der Waals surface area (Å²) in [6, 6.07) is 10.7. The zero-order valence-electron chi connectivity index (χ0n) is 15.5. The molecule has 2 aromatic rings. The number of nitrogens with one attached hydrogen (secondary N) is 2. The summed E-state index contributed by atoms with van der Waals surface area (Å²) in [5.41, 5.74) is 0.517. The first-order chi connectivity index (χ1) is 14.3.